The van der Waals surface area contributed by atoms with E-state index in [4.69, 9.17) is 19.7 Å². The topological polar surface area (TPSA) is 52.8 Å². The predicted octanol–water partition coefficient (Wildman–Crippen LogP) is 12.4. The molecule has 5 heteroatoms. The van der Waals surface area contributed by atoms with E-state index in [0.29, 0.717) is 17.6 Å². The summed E-state index contributed by atoms with van der Waals surface area (Å²) in [6, 6.07) is 68.3. The van der Waals surface area contributed by atoms with Crippen LogP contribution in [-0.2, 0) is 5.41 Å². The van der Waals surface area contributed by atoms with E-state index in [0.717, 1.165) is 55.7 Å². The fourth-order valence-electron chi connectivity index (χ4n) is 9.37. The normalized spacial score (nSPS) is 14.9. The van der Waals surface area contributed by atoms with Crippen LogP contribution in [-0.4, -0.2) is 19.5 Å². The molecule has 2 aromatic heterocycles. The molecule has 1 atom stereocenters. The fourth-order valence-corrected chi connectivity index (χ4v) is 9.37. The van der Waals surface area contributed by atoms with Gasteiger partial charge in [-0.05, 0) is 63.7 Å². The van der Waals surface area contributed by atoms with Gasteiger partial charge in [-0.25, -0.2) is 4.98 Å². The molecule has 10 aromatic rings. The SMILES string of the molecule is c1ccc(-c2ccc3c(c2)C2(c4ccccc4O3)c3ccccc3-c3c2ccc2c3c3ccccc3n2-c2nc(-c3ccccc3)nc(-c3ccccc3)n2)cc1. The second-order valence-electron chi connectivity index (χ2n) is 14.7. The van der Waals surface area contributed by atoms with Gasteiger partial charge in [0.15, 0.2) is 11.6 Å². The molecule has 1 unspecified atom stereocenters. The van der Waals surface area contributed by atoms with E-state index in [1.165, 1.54) is 33.2 Å². The second-order valence-corrected chi connectivity index (χ2v) is 14.7. The molecule has 0 saturated carbocycles. The van der Waals surface area contributed by atoms with Gasteiger partial charge >= 0.3 is 0 Å². The lowest BCUT2D eigenvalue weighted by Gasteiger charge is -2.39. The van der Waals surface area contributed by atoms with Gasteiger partial charge in [-0.2, -0.15) is 9.97 Å². The number of rotatable bonds is 4. The molecule has 3 heterocycles. The van der Waals surface area contributed by atoms with E-state index in [1.807, 2.05) is 36.4 Å². The Morgan fingerprint density at radius 3 is 1.74 bits per heavy atom. The minimum absolute atomic E-state index is 0.573. The molecule has 1 spiro atoms. The Balaban J connectivity index is 1.19. The number of aromatic nitrogens is 4. The van der Waals surface area contributed by atoms with Gasteiger partial charge in [-0.3, -0.25) is 4.57 Å². The van der Waals surface area contributed by atoms with Crippen LogP contribution in [0.5, 0.6) is 11.5 Å². The fraction of sp³-hybridized carbons (Fsp3) is 0.0192. The second kappa shape index (κ2) is 12.2. The van der Waals surface area contributed by atoms with Crippen molar-refractivity contribution in [2.75, 3.05) is 0 Å². The van der Waals surface area contributed by atoms with Crippen molar-refractivity contribution in [1.29, 1.82) is 0 Å². The van der Waals surface area contributed by atoms with E-state index < -0.39 is 5.41 Å². The van der Waals surface area contributed by atoms with Crippen LogP contribution in [0.15, 0.2) is 194 Å². The van der Waals surface area contributed by atoms with Crippen molar-refractivity contribution in [1.82, 2.24) is 19.5 Å². The van der Waals surface area contributed by atoms with Crippen LogP contribution in [0, 0.1) is 0 Å². The van der Waals surface area contributed by atoms with Gasteiger partial charge in [0.25, 0.3) is 0 Å². The first kappa shape index (κ1) is 31.7. The van der Waals surface area contributed by atoms with E-state index in [9.17, 15) is 0 Å². The summed E-state index contributed by atoms with van der Waals surface area (Å²) in [5.74, 6) is 3.56. The van der Waals surface area contributed by atoms with Crippen LogP contribution in [0.25, 0.3) is 72.8 Å². The lowest BCUT2D eigenvalue weighted by Crippen LogP contribution is -2.32. The third-order valence-electron chi connectivity index (χ3n) is 11.7. The lowest BCUT2D eigenvalue weighted by atomic mass is 9.65. The smallest absolute Gasteiger partial charge is 0.238 e. The number of ether oxygens (including phenoxy) is 1. The van der Waals surface area contributed by atoms with Gasteiger partial charge in [-0.1, -0.05) is 164 Å². The number of para-hydroxylation sites is 2. The molecule has 1 aliphatic heterocycles. The standard InChI is InChI=1S/C52H32N4O/c1-4-16-33(17-5-1)36-28-31-46-42(32-36)52(40-25-13-15-27-45(40)57-46)39-24-12-10-22-37(39)47-41(52)29-30-44-48(47)38-23-11-14-26-43(38)56(44)51-54-49(34-18-6-2-7-19-34)53-50(55-51)35-20-8-3-9-21-35/h1-32H. The predicted molar refractivity (Wildman–Crippen MR) is 228 cm³/mol. The lowest BCUT2D eigenvalue weighted by molar-refractivity contribution is 0.436. The largest absolute Gasteiger partial charge is 0.457 e. The molecule has 0 bridgehead atoms. The molecule has 0 saturated heterocycles. The number of hydrogen-bond donors (Lipinski definition) is 0. The van der Waals surface area contributed by atoms with Crippen molar-refractivity contribution in [2.24, 2.45) is 0 Å². The molecule has 0 radical (unpaired) electrons. The highest BCUT2D eigenvalue weighted by atomic mass is 16.5. The maximum Gasteiger partial charge on any atom is 0.238 e. The van der Waals surface area contributed by atoms with E-state index in [2.05, 4.69) is 162 Å². The van der Waals surface area contributed by atoms with Crippen molar-refractivity contribution in [3.05, 3.63) is 216 Å². The number of fused-ring (bicyclic) bond motifs is 13. The van der Waals surface area contributed by atoms with Crippen LogP contribution in [0.4, 0.5) is 0 Å². The van der Waals surface area contributed by atoms with Crippen molar-refractivity contribution in [2.45, 2.75) is 5.41 Å². The molecule has 0 amide bonds. The van der Waals surface area contributed by atoms with Gasteiger partial charge in [0.2, 0.25) is 5.95 Å². The van der Waals surface area contributed by atoms with E-state index >= 15 is 0 Å². The summed E-state index contributed by atoms with van der Waals surface area (Å²) in [7, 11) is 0. The molecule has 5 nitrogen and oxygen atoms in total. The summed E-state index contributed by atoms with van der Waals surface area (Å²) in [5.41, 5.74) is 12.8. The molecule has 8 aromatic carbocycles. The summed E-state index contributed by atoms with van der Waals surface area (Å²) >= 11 is 0. The van der Waals surface area contributed by atoms with Crippen molar-refractivity contribution in [3.63, 3.8) is 0 Å². The summed E-state index contributed by atoms with van der Waals surface area (Å²) in [6.07, 6.45) is 0. The first-order valence-electron chi connectivity index (χ1n) is 19.3. The Kier molecular flexibility index (Phi) is 6.78. The number of hydrogen-bond acceptors (Lipinski definition) is 4. The summed E-state index contributed by atoms with van der Waals surface area (Å²) in [5, 5.41) is 2.30. The highest BCUT2D eigenvalue weighted by Crippen LogP contribution is 2.64. The number of nitrogens with zero attached hydrogens (tertiary/aromatic N) is 4. The molecular weight excluding hydrogens is 697 g/mol. The quantitative estimate of drug-likeness (QED) is 0.181. The van der Waals surface area contributed by atoms with E-state index in [-0.39, 0.29) is 0 Å². The molecule has 0 fully saturated rings. The highest BCUT2D eigenvalue weighted by Gasteiger charge is 2.52. The highest BCUT2D eigenvalue weighted by molar-refractivity contribution is 6.18. The zero-order chi connectivity index (χ0) is 37.5. The van der Waals surface area contributed by atoms with Crippen LogP contribution in [0.1, 0.15) is 22.3 Å². The molecular formula is C52H32N4O. The summed E-state index contributed by atoms with van der Waals surface area (Å²) in [6.45, 7) is 0. The van der Waals surface area contributed by atoms with Crippen molar-refractivity contribution >= 4 is 21.8 Å². The number of benzene rings is 8. The van der Waals surface area contributed by atoms with Gasteiger partial charge < -0.3 is 4.74 Å². The van der Waals surface area contributed by atoms with Crippen LogP contribution in [0.3, 0.4) is 0 Å². The molecule has 2 aliphatic rings. The first-order valence-corrected chi connectivity index (χ1v) is 19.3. The average Bonchev–Trinajstić information content (AvgIpc) is 3.78. The van der Waals surface area contributed by atoms with Crippen molar-refractivity contribution < 1.29 is 4.74 Å². The first-order chi connectivity index (χ1) is 28.3. The molecule has 57 heavy (non-hydrogen) atoms. The van der Waals surface area contributed by atoms with Crippen LogP contribution >= 0.6 is 0 Å². The van der Waals surface area contributed by atoms with Gasteiger partial charge in [0.05, 0.1) is 16.4 Å². The Morgan fingerprint density at radius 1 is 0.404 bits per heavy atom. The Hall–Kier alpha value is -7.63. The van der Waals surface area contributed by atoms with Crippen LogP contribution in [0.2, 0.25) is 0 Å². The zero-order valence-electron chi connectivity index (χ0n) is 30.7. The third kappa shape index (κ3) is 4.54. The summed E-state index contributed by atoms with van der Waals surface area (Å²) in [4.78, 5) is 15.4. The minimum Gasteiger partial charge on any atom is -0.457 e. The molecule has 12 rings (SSSR count). The average molecular weight is 729 g/mol. The maximum absolute atomic E-state index is 6.77. The van der Waals surface area contributed by atoms with E-state index in [1.54, 1.807) is 0 Å². The molecule has 0 N–H and O–H groups in total. The van der Waals surface area contributed by atoms with Gasteiger partial charge in [-0.15, -0.1) is 0 Å². The monoisotopic (exact) mass is 728 g/mol. The Labute approximate surface area is 329 Å². The van der Waals surface area contributed by atoms with Crippen molar-refractivity contribution in [3.8, 4) is 62.5 Å². The van der Waals surface area contributed by atoms with Gasteiger partial charge in [0, 0.05) is 33.0 Å². The molecule has 266 valence electrons. The minimum atomic E-state index is -0.633. The zero-order valence-corrected chi connectivity index (χ0v) is 30.7. The van der Waals surface area contributed by atoms with Crippen LogP contribution < -0.4 is 4.74 Å². The van der Waals surface area contributed by atoms with Gasteiger partial charge in [0.1, 0.15) is 11.5 Å². The Bertz CT molecular complexity index is 3150. The summed E-state index contributed by atoms with van der Waals surface area (Å²) < 4.78 is 8.99. The third-order valence-corrected chi connectivity index (χ3v) is 11.7. The maximum atomic E-state index is 6.77. The Morgan fingerprint density at radius 2 is 1.00 bits per heavy atom. The molecule has 1 aliphatic carbocycles.